The number of carbonyl (C=O) groups excluding carboxylic acids is 1. The Bertz CT molecular complexity index is 1230. The number of primary amides is 1. The first kappa shape index (κ1) is 22.7. The highest BCUT2D eigenvalue weighted by Crippen LogP contribution is 2.35. The molecule has 4 N–H and O–H groups in total. The summed E-state index contributed by atoms with van der Waals surface area (Å²) in [6.07, 6.45) is 2.95. The van der Waals surface area contributed by atoms with Crippen LogP contribution in [0, 0.1) is 0 Å². The predicted molar refractivity (Wildman–Crippen MR) is 133 cm³/mol. The summed E-state index contributed by atoms with van der Waals surface area (Å²) in [6, 6.07) is 11.9. The van der Waals surface area contributed by atoms with Crippen molar-refractivity contribution in [3.8, 4) is 0 Å². The Balaban J connectivity index is 1.45. The van der Waals surface area contributed by atoms with Gasteiger partial charge in [0.2, 0.25) is 5.95 Å². The van der Waals surface area contributed by atoms with Gasteiger partial charge in [0.1, 0.15) is 0 Å². The molecule has 1 fully saturated rings. The predicted octanol–water partition coefficient (Wildman–Crippen LogP) is 4.06. The molecule has 10 heteroatoms. The van der Waals surface area contributed by atoms with Gasteiger partial charge in [-0.2, -0.15) is 4.98 Å². The van der Waals surface area contributed by atoms with Crippen LogP contribution < -0.4 is 16.4 Å². The zero-order chi connectivity index (χ0) is 23.7. The van der Waals surface area contributed by atoms with Crippen molar-refractivity contribution in [3.63, 3.8) is 0 Å². The van der Waals surface area contributed by atoms with Gasteiger partial charge in [-0.3, -0.25) is 4.79 Å². The highest BCUT2D eigenvalue weighted by atomic mass is 79.9. The van der Waals surface area contributed by atoms with Crippen molar-refractivity contribution in [1.29, 1.82) is 0 Å². The summed E-state index contributed by atoms with van der Waals surface area (Å²) in [7, 11) is 2.11. The van der Waals surface area contributed by atoms with E-state index in [1.165, 1.54) is 11.1 Å². The first-order chi connectivity index (χ1) is 16.5. The Hall–Kier alpha value is -3.08. The lowest BCUT2D eigenvalue weighted by molar-refractivity contribution is 0.0995. The van der Waals surface area contributed by atoms with Gasteiger partial charge in [0.05, 0.1) is 6.10 Å². The summed E-state index contributed by atoms with van der Waals surface area (Å²) in [5.74, 6) is -0.200. The third kappa shape index (κ3) is 4.75. The smallest absolute Gasteiger partial charge is 0.273 e. The van der Waals surface area contributed by atoms with E-state index in [1.54, 1.807) is 0 Å². The van der Waals surface area contributed by atoms with Gasteiger partial charge in [0.15, 0.2) is 11.5 Å². The van der Waals surface area contributed by atoms with Gasteiger partial charge >= 0.3 is 0 Å². The largest absolute Gasteiger partial charge is 0.373 e. The first-order valence-corrected chi connectivity index (χ1v) is 12.1. The molecule has 0 spiro atoms. The minimum Gasteiger partial charge on any atom is -0.373 e. The molecule has 3 aromatic rings. The van der Waals surface area contributed by atoms with E-state index in [0.29, 0.717) is 0 Å². The Kier molecular flexibility index (Phi) is 6.44. The maximum atomic E-state index is 12.0. The van der Waals surface area contributed by atoms with E-state index in [0.717, 1.165) is 60.4 Å². The lowest BCUT2D eigenvalue weighted by atomic mass is 9.99. The minimum atomic E-state index is -0.705. The normalized spacial score (nSPS) is 17.9. The van der Waals surface area contributed by atoms with Gasteiger partial charge in [0.25, 0.3) is 5.91 Å². The second kappa shape index (κ2) is 9.65. The Labute approximate surface area is 206 Å². The highest BCUT2D eigenvalue weighted by molar-refractivity contribution is 9.10. The number of nitrogens with one attached hydrogen (secondary N) is 2. The zero-order valence-corrected chi connectivity index (χ0v) is 20.4. The number of nitrogens with two attached hydrogens (primary N) is 1. The SMILES string of the molecule is CN1CCc2c(Br)cc(Nc3nnc(C(N)=O)c(Nc4ccccc4C4CCCO4)n3)cc2C1. The van der Waals surface area contributed by atoms with E-state index in [2.05, 4.69) is 59.8 Å². The summed E-state index contributed by atoms with van der Waals surface area (Å²) < 4.78 is 6.91. The fraction of sp³-hybridized carbons (Fsp3) is 0.333. The average molecular weight is 524 g/mol. The number of anilines is 4. The van der Waals surface area contributed by atoms with Gasteiger partial charge in [-0.25, -0.2) is 0 Å². The van der Waals surface area contributed by atoms with Crippen molar-refractivity contribution in [2.24, 2.45) is 5.73 Å². The Morgan fingerprint density at radius 1 is 1.24 bits per heavy atom. The van der Waals surface area contributed by atoms with E-state index >= 15 is 0 Å². The van der Waals surface area contributed by atoms with E-state index in [1.807, 2.05) is 30.3 Å². The molecule has 0 radical (unpaired) electrons. The van der Waals surface area contributed by atoms with Crippen molar-refractivity contribution >= 4 is 45.0 Å². The van der Waals surface area contributed by atoms with Crippen LogP contribution in [0.15, 0.2) is 40.9 Å². The van der Waals surface area contributed by atoms with Crippen molar-refractivity contribution in [2.75, 3.05) is 30.8 Å². The fourth-order valence-corrected chi connectivity index (χ4v) is 5.16. The van der Waals surface area contributed by atoms with Crippen LogP contribution in [0.5, 0.6) is 0 Å². The minimum absolute atomic E-state index is 0.000836. The number of nitrogens with zero attached hydrogens (tertiary/aromatic N) is 4. The van der Waals surface area contributed by atoms with Gasteiger partial charge in [-0.15, -0.1) is 10.2 Å². The maximum absolute atomic E-state index is 12.0. The summed E-state index contributed by atoms with van der Waals surface area (Å²) in [5, 5.41) is 14.6. The third-order valence-corrected chi connectivity index (χ3v) is 6.85. The van der Waals surface area contributed by atoms with Crippen LogP contribution in [-0.4, -0.2) is 46.2 Å². The van der Waals surface area contributed by atoms with E-state index in [9.17, 15) is 4.79 Å². The van der Waals surface area contributed by atoms with Crippen LogP contribution in [0.3, 0.4) is 0 Å². The molecule has 9 nitrogen and oxygen atoms in total. The molecule has 2 aliphatic rings. The van der Waals surface area contributed by atoms with E-state index < -0.39 is 5.91 Å². The molecule has 1 atom stereocenters. The maximum Gasteiger partial charge on any atom is 0.273 e. The van der Waals surface area contributed by atoms with Crippen LogP contribution >= 0.6 is 15.9 Å². The van der Waals surface area contributed by atoms with Gasteiger partial charge < -0.3 is 26.0 Å². The molecular weight excluding hydrogens is 498 g/mol. The molecule has 176 valence electrons. The molecule has 1 saturated heterocycles. The third-order valence-electron chi connectivity index (χ3n) is 6.14. The number of carbonyl (C=O) groups is 1. The Morgan fingerprint density at radius 2 is 2.09 bits per heavy atom. The number of benzene rings is 2. The second-order valence-electron chi connectivity index (χ2n) is 8.62. The molecule has 2 aliphatic heterocycles. The number of fused-ring (bicyclic) bond motifs is 1. The van der Waals surface area contributed by atoms with Gasteiger partial charge in [-0.05, 0) is 55.6 Å². The molecule has 34 heavy (non-hydrogen) atoms. The second-order valence-corrected chi connectivity index (χ2v) is 9.47. The number of aromatic nitrogens is 3. The summed E-state index contributed by atoms with van der Waals surface area (Å²) in [5.41, 5.74) is 10.7. The van der Waals surface area contributed by atoms with Crippen LogP contribution in [0.25, 0.3) is 0 Å². The monoisotopic (exact) mass is 523 g/mol. The molecule has 1 aromatic heterocycles. The first-order valence-electron chi connectivity index (χ1n) is 11.3. The molecule has 1 unspecified atom stereocenters. The van der Waals surface area contributed by atoms with Gasteiger partial charge in [-0.1, -0.05) is 34.1 Å². The lowest BCUT2D eigenvalue weighted by Gasteiger charge is -2.26. The zero-order valence-electron chi connectivity index (χ0n) is 18.8. The number of hydrogen-bond acceptors (Lipinski definition) is 8. The molecule has 2 aromatic carbocycles. The molecule has 1 amide bonds. The van der Waals surface area contributed by atoms with Crippen LogP contribution in [0.2, 0.25) is 0 Å². The Morgan fingerprint density at radius 3 is 2.88 bits per heavy atom. The summed E-state index contributed by atoms with van der Waals surface area (Å²) >= 11 is 3.70. The van der Waals surface area contributed by atoms with Crippen LogP contribution in [0.1, 0.15) is 46.1 Å². The number of halogens is 1. The number of rotatable bonds is 6. The molecule has 0 saturated carbocycles. The lowest BCUT2D eigenvalue weighted by Crippen LogP contribution is -2.26. The quantitative estimate of drug-likeness (QED) is 0.442. The van der Waals surface area contributed by atoms with Crippen molar-refractivity contribution in [3.05, 3.63) is 63.3 Å². The van der Waals surface area contributed by atoms with Gasteiger partial charge in [0, 0.05) is 41.1 Å². The topological polar surface area (TPSA) is 118 Å². The number of para-hydroxylation sites is 1. The number of amides is 1. The fourth-order valence-electron chi connectivity index (χ4n) is 4.46. The van der Waals surface area contributed by atoms with Crippen molar-refractivity contribution in [1.82, 2.24) is 20.1 Å². The average Bonchev–Trinajstić information content (AvgIpc) is 3.34. The molecular formula is C24H26BrN7O2. The van der Waals surface area contributed by atoms with E-state index in [4.69, 9.17) is 10.5 Å². The number of ether oxygens (including phenoxy) is 1. The molecule has 0 bridgehead atoms. The van der Waals surface area contributed by atoms with Crippen LogP contribution in [0.4, 0.5) is 23.1 Å². The standard InChI is InChI=1S/C24H26BrN7O2/c1-32-9-8-16-14(13-32)11-15(12-18(16)25)27-24-29-23(21(22(26)33)30-31-24)28-19-6-3-2-5-17(19)20-7-4-10-34-20/h2-3,5-6,11-12,20H,4,7-10,13H2,1H3,(H2,26,33)(H2,27,28,29,31). The highest BCUT2D eigenvalue weighted by Gasteiger charge is 2.23. The van der Waals surface area contributed by atoms with Crippen LogP contribution in [-0.2, 0) is 17.7 Å². The van der Waals surface area contributed by atoms with Crippen molar-refractivity contribution in [2.45, 2.75) is 31.9 Å². The van der Waals surface area contributed by atoms with E-state index in [-0.39, 0.29) is 23.6 Å². The number of likely N-dealkylation sites (N-methyl/N-ethyl adjacent to an activating group) is 1. The summed E-state index contributed by atoms with van der Waals surface area (Å²) in [4.78, 5) is 18.9. The molecule has 5 rings (SSSR count). The van der Waals surface area contributed by atoms with Crippen molar-refractivity contribution < 1.29 is 9.53 Å². The molecule has 0 aliphatic carbocycles. The summed E-state index contributed by atoms with van der Waals surface area (Å²) in [6.45, 7) is 2.64. The number of hydrogen-bond donors (Lipinski definition) is 3. The molecule has 3 heterocycles.